The van der Waals surface area contributed by atoms with Gasteiger partial charge in [-0.25, -0.2) is 4.98 Å². The molecule has 5 rings (SSSR count). The van der Waals surface area contributed by atoms with Gasteiger partial charge in [0, 0.05) is 17.0 Å². The monoisotopic (exact) mass is 464 g/mol. The van der Waals surface area contributed by atoms with Crippen LogP contribution in [0.25, 0.3) is 33.5 Å². The summed E-state index contributed by atoms with van der Waals surface area (Å²) in [7, 11) is 0. The van der Waals surface area contributed by atoms with Crippen molar-refractivity contribution in [2.24, 2.45) is 5.10 Å². The van der Waals surface area contributed by atoms with Gasteiger partial charge in [-0.15, -0.1) is 6.42 Å². The first-order valence-corrected chi connectivity index (χ1v) is 10.5. The number of nitro groups is 1. The van der Waals surface area contributed by atoms with Crippen LogP contribution in [0.2, 0.25) is 0 Å². The van der Waals surface area contributed by atoms with Crippen LogP contribution in [0.15, 0.2) is 87.1 Å². The molecule has 0 saturated carbocycles. The number of benzene rings is 3. The highest BCUT2D eigenvalue weighted by Gasteiger charge is 2.19. The number of fused-ring (bicyclic) bond motifs is 2. The van der Waals surface area contributed by atoms with E-state index in [0.29, 0.717) is 22.2 Å². The molecule has 0 atom stereocenters. The molecular formula is C26H16N4O5. The summed E-state index contributed by atoms with van der Waals surface area (Å²) < 4.78 is 12.5. The van der Waals surface area contributed by atoms with Crippen molar-refractivity contribution in [1.29, 1.82) is 0 Å². The van der Waals surface area contributed by atoms with Gasteiger partial charge in [0.1, 0.15) is 12.2 Å². The summed E-state index contributed by atoms with van der Waals surface area (Å²) in [5, 5.41) is 17.0. The summed E-state index contributed by atoms with van der Waals surface area (Å²) in [5.41, 5.74) is 0.673. The number of terminal acetylenes is 1. The van der Waals surface area contributed by atoms with E-state index in [4.69, 9.17) is 15.6 Å². The van der Waals surface area contributed by atoms with E-state index in [1.54, 1.807) is 36.4 Å². The van der Waals surface area contributed by atoms with Gasteiger partial charge in [0.05, 0.1) is 22.0 Å². The highest BCUT2D eigenvalue weighted by molar-refractivity contribution is 5.87. The Balaban J connectivity index is 1.71. The van der Waals surface area contributed by atoms with Crippen LogP contribution in [0.1, 0.15) is 5.56 Å². The lowest BCUT2D eigenvalue weighted by atomic mass is 10.2. The maximum Gasteiger partial charge on any atom is 0.311 e. The molecule has 0 radical (unpaired) electrons. The third kappa shape index (κ3) is 4.00. The van der Waals surface area contributed by atoms with Crippen LogP contribution in [0.3, 0.4) is 0 Å². The first-order chi connectivity index (χ1) is 17.1. The number of para-hydroxylation sites is 3. The summed E-state index contributed by atoms with van der Waals surface area (Å²) in [4.78, 5) is 28.9. The second-order valence-electron chi connectivity index (χ2n) is 7.41. The molecule has 0 fully saturated rings. The number of nitrogens with zero attached hydrogens (tertiary/aromatic N) is 4. The van der Waals surface area contributed by atoms with E-state index in [0.717, 1.165) is 10.1 Å². The average molecular weight is 464 g/mol. The number of aromatic nitrogens is 2. The van der Waals surface area contributed by atoms with Crippen molar-refractivity contribution in [2.45, 2.75) is 0 Å². The fraction of sp³-hybridized carbons (Fsp3) is 0.0385. The Labute approximate surface area is 198 Å². The number of nitro benzene ring substituents is 1. The van der Waals surface area contributed by atoms with Gasteiger partial charge in [0.25, 0.3) is 5.56 Å². The fourth-order valence-electron chi connectivity index (χ4n) is 3.66. The number of hydrogen-bond acceptors (Lipinski definition) is 7. The maximum atomic E-state index is 13.4. The van der Waals surface area contributed by atoms with Crippen molar-refractivity contribution < 1.29 is 14.1 Å². The highest BCUT2D eigenvalue weighted by atomic mass is 16.6. The van der Waals surface area contributed by atoms with E-state index < -0.39 is 10.5 Å². The molecule has 2 aromatic heterocycles. The zero-order valence-electron chi connectivity index (χ0n) is 18.1. The summed E-state index contributed by atoms with van der Waals surface area (Å²) >= 11 is 0. The lowest BCUT2D eigenvalue weighted by molar-refractivity contribution is -0.385. The molecule has 0 saturated heterocycles. The van der Waals surface area contributed by atoms with Gasteiger partial charge in [-0.05, 0) is 30.3 Å². The van der Waals surface area contributed by atoms with Crippen molar-refractivity contribution in [3.05, 3.63) is 98.8 Å². The molecule has 2 heterocycles. The molecule has 170 valence electrons. The van der Waals surface area contributed by atoms with Gasteiger partial charge in [-0.3, -0.25) is 14.9 Å². The van der Waals surface area contributed by atoms with Gasteiger partial charge >= 0.3 is 5.69 Å². The van der Waals surface area contributed by atoms with Gasteiger partial charge < -0.3 is 9.15 Å². The standard InChI is InChI=1S/C26H16N4O5/c1-2-14-34-24-18(9-7-12-21(24)30(32)33)16-27-29-25(23-15-17-8-3-6-13-22(17)35-23)28-20-11-5-4-10-19(20)26(29)31/h1,3-13,15-16H,14H2. The molecule has 0 aliphatic heterocycles. The van der Waals surface area contributed by atoms with Crippen LogP contribution < -0.4 is 10.3 Å². The molecule has 35 heavy (non-hydrogen) atoms. The first kappa shape index (κ1) is 21.6. The molecule has 0 unspecified atom stereocenters. The number of hydrogen-bond donors (Lipinski definition) is 0. The van der Waals surface area contributed by atoms with Crippen LogP contribution >= 0.6 is 0 Å². The zero-order chi connectivity index (χ0) is 24.4. The molecule has 9 nitrogen and oxygen atoms in total. The molecule has 0 aliphatic carbocycles. The topological polar surface area (TPSA) is 113 Å². The van der Waals surface area contributed by atoms with E-state index in [2.05, 4.69) is 16.0 Å². The normalized spacial score (nSPS) is 11.2. The third-order valence-electron chi connectivity index (χ3n) is 5.23. The molecule has 9 heteroatoms. The zero-order valence-corrected chi connectivity index (χ0v) is 18.1. The van der Waals surface area contributed by atoms with Crippen molar-refractivity contribution >= 4 is 33.8 Å². The minimum Gasteiger partial charge on any atom is -0.473 e. The molecule has 0 aliphatic rings. The largest absolute Gasteiger partial charge is 0.473 e. The predicted octanol–water partition coefficient (Wildman–Crippen LogP) is 4.61. The second kappa shape index (κ2) is 8.96. The molecular weight excluding hydrogens is 448 g/mol. The van der Waals surface area contributed by atoms with Crippen LogP contribution in [0, 0.1) is 22.5 Å². The Morgan fingerprint density at radius 3 is 2.74 bits per heavy atom. The van der Waals surface area contributed by atoms with Gasteiger partial charge in [0.2, 0.25) is 11.6 Å². The number of furan rings is 1. The summed E-state index contributed by atoms with van der Waals surface area (Å²) in [6.45, 7) is -0.173. The van der Waals surface area contributed by atoms with E-state index in [-0.39, 0.29) is 29.4 Å². The maximum absolute atomic E-state index is 13.4. The Morgan fingerprint density at radius 2 is 1.94 bits per heavy atom. The van der Waals surface area contributed by atoms with Crippen molar-refractivity contribution in [3.63, 3.8) is 0 Å². The average Bonchev–Trinajstić information content (AvgIpc) is 3.31. The molecule has 0 N–H and O–H groups in total. The van der Waals surface area contributed by atoms with Crippen LogP contribution in [-0.4, -0.2) is 27.4 Å². The van der Waals surface area contributed by atoms with E-state index >= 15 is 0 Å². The number of ether oxygens (including phenoxy) is 1. The van der Waals surface area contributed by atoms with Gasteiger partial charge in [-0.2, -0.15) is 9.78 Å². The van der Waals surface area contributed by atoms with Crippen molar-refractivity contribution in [2.75, 3.05) is 6.61 Å². The van der Waals surface area contributed by atoms with Gasteiger partial charge in [0.15, 0.2) is 5.76 Å². The Morgan fingerprint density at radius 1 is 1.14 bits per heavy atom. The lowest BCUT2D eigenvalue weighted by Crippen LogP contribution is -2.20. The Hall–Kier alpha value is -5.23. The minimum absolute atomic E-state index is 0.0497. The lowest BCUT2D eigenvalue weighted by Gasteiger charge is -2.09. The van der Waals surface area contributed by atoms with Crippen LogP contribution in [0.4, 0.5) is 5.69 Å². The second-order valence-corrected chi connectivity index (χ2v) is 7.41. The molecule has 5 aromatic rings. The first-order valence-electron chi connectivity index (χ1n) is 10.5. The SMILES string of the molecule is C#CCOc1c(C=Nn2c(-c3cc4ccccc4o3)nc3ccccc3c2=O)cccc1[N+](=O)[O-]. The van der Waals surface area contributed by atoms with Crippen LogP contribution in [-0.2, 0) is 0 Å². The predicted molar refractivity (Wildman–Crippen MR) is 132 cm³/mol. The van der Waals surface area contributed by atoms with Gasteiger partial charge in [-0.1, -0.05) is 42.3 Å². The fourth-order valence-corrected chi connectivity index (χ4v) is 3.66. The van der Waals surface area contributed by atoms with E-state index in [1.165, 1.54) is 18.3 Å². The molecule has 0 amide bonds. The molecule has 3 aromatic carbocycles. The number of rotatable bonds is 6. The Kier molecular flexibility index (Phi) is 5.53. The summed E-state index contributed by atoms with van der Waals surface area (Å²) in [5.74, 6) is 2.76. The molecule has 0 bridgehead atoms. The van der Waals surface area contributed by atoms with Crippen LogP contribution in [0.5, 0.6) is 5.75 Å². The third-order valence-corrected chi connectivity index (χ3v) is 5.23. The summed E-state index contributed by atoms with van der Waals surface area (Å²) in [6, 6.07) is 20.4. The smallest absolute Gasteiger partial charge is 0.311 e. The Bertz CT molecular complexity index is 1690. The van der Waals surface area contributed by atoms with Crippen molar-refractivity contribution in [3.8, 4) is 29.7 Å². The molecule has 0 spiro atoms. The highest BCUT2D eigenvalue weighted by Crippen LogP contribution is 2.30. The van der Waals surface area contributed by atoms with E-state index in [1.807, 2.05) is 24.3 Å². The van der Waals surface area contributed by atoms with Crippen molar-refractivity contribution in [1.82, 2.24) is 9.66 Å². The van der Waals surface area contributed by atoms with E-state index in [9.17, 15) is 14.9 Å². The summed E-state index contributed by atoms with van der Waals surface area (Å²) in [6.07, 6.45) is 6.56. The minimum atomic E-state index is -0.577. The quantitative estimate of drug-likeness (QED) is 0.157.